The topological polar surface area (TPSA) is 117 Å². The number of para-hydroxylation sites is 1. The SMILES string of the molecule is COc1ccc(NC(=O)[C@H](C)OC(=O)CCc2ccccc2OC)c([N+](=O)[O-])c1. The molecule has 0 unspecified atom stereocenters. The van der Waals surface area contributed by atoms with Crippen LogP contribution in [0.1, 0.15) is 18.9 Å². The fourth-order valence-electron chi connectivity index (χ4n) is 2.59. The summed E-state index contributed by atoms with van der Waals surface area (Å²) in [5.74, 6) is -0.296. The number of hydrogen-bond donors (Lipinski definition) is 1. The summed E-state index contributed by atoms with van der Waals surface area (Å²) >= 11 is 0. The van der Waals surface area contributed by atoms with Crippen molar-refractivity contribution in [2.45, 2.75) is 25.9 Å². The average Bonchev–Trinajstić information content (AvgIpc) is 2.72. The minimum Gasteiger partial charge on any atom is -0.496 e. The molecule has 0 fully saturated rings. The number of hydrogen-bond acceptors (Lipinski definition) is 7. The van der Waals surface area contributed by atoms with Gasteiger partial charge in [-0.15, -0.1) is 0 Å². The number of nitro groups is 1. The first-order chi connectivity index (χ1) is 13.8. The third-order valence-corrected chi connectivity index (χ3v) is 4.13. The van der Waals surface area contributed by atoms with Gasteiger partial charge in [0.2, 0.25) is 0 Å². The Hall–Kier alpha value is -3.62. The molecule has 2 aromatic rings. The molecular weight excluding hydrogens is 380 g/mol. The Bertz CT molecular complexity index is 898. The van der Waals surface area contributed by atoms with Gasteiger partial charge in [0.15, 0.2) is 6.10 Å². The Morgan fingerprint density at radius 2 is 1.86 bits per heavy atom. The normalized spacial score (nSPS) is 11.3. The van der Waals surface area contributed by atoms with Gasteiger partial charge < -0.3 is 19.5 Å². The molecule has 0 saturated heterocycles. The number of rotatable bonds is 9. The Morgan fingerprint density at radius 3 is 2.52 bits per heavy atom. The van der Waals surface area contributed by atoms with Crippen molar-refractivity contribution in [2.24, 2.45) is 0 Å². The van der Waals surface area contributed by atoms with Crippen LogP contribution >= 0.6 is 0 Å². The molecule has 1 amide bonds. The van der Waals surface area contributed by atoms with Gasteiger partial charge in [0.05, 0.1) is 25.2 Å². The van der Waals surface area contributed by atoms with Crippen LogP contribution in [-0.4, -0.2) is 37.1 Å². The first kappa shape index (κ1) is 21.7. The lowest BCUT2D eigenvalue weighted by molar-refractivity contribution is -0.384. The number of methoxy groups -OCH3 is 2. The molecule has 0 aliphatic heterocycles. The number of anilines is 1. The summed E-state index contributed by atoms with van der Waals surface area (Å²) in [6, 6.07) is 11.3. The summed E-state index contributed by atoms with van der Waals surface area (Å²) in [4.78, 5) is 34.9. The second-order valence-corrected chi connectivity index (χ2v) is 6.07. The molecule has 2 rings (SSSR count). The lowest BCUT2D eigenvalue weighted by atomic mass is 10.1. The van der Waals surface area contributed by atoms with Crippen LogP contribution in [0.15, 0.2) is 42.5 Å². The van der Waals surface area contributed by atoms with Crippen LogP contribution in [-0.2, 0) is 20.7 Å². The molecule has 29 heavy (non-hydrogen) atoms. The maximum atomic E-state index is 12.3. The van der Waals surface area contributed by atoms with Crippen molar-refractivity contribution in [3.05, 3.63) is 58.1 Å². The molecular formula is C20H22N2O7. The van der Waals surface area contributed by atoms with E-state index >= 15 is 0 Å². The number of amides is 1. The molecule has 0 aromatic heterocycles. The second kappa shape index (κ2) is 10.1. The zero-order valence-electron chi connectivity index (χ0n) is 16.3. The molecule has 1 N–H and O–H groups in total. The molecule has 0 radical (unpaired) electrons. The van der Waals surface area contributed by atoms with Gasteiger partial charge in [-0.2, -0.15) is 0 Å². The zero-order chi connectivity index (χ0) is 21.4. The van der Waals surface area contributed by atoms with Crippen molar-refractivity contribution in [3.63, 3.8) is 0 Å². The van der Waals surface area contributed by atoms with E-state index in [9.17, 15) is 19.7 Å². The maximum absolute atomic E-state index is 12.3. The van der Waals surface area contributed by atoms with E-state index in [0.29, 0.717) is 12.2 Å². The van der Waals surface area contributed by atoms with Crippen LogP contribution in [0.4, 0.5) is 11.4 Å². The van der Waals surface area contributed by atoms with E-state index in [1.54, 1.807) is 13.2 Å². The molecule has 2 aromatic carbocycles. The van der Waals surface area contributed by atoms with Crippen LogP contribution in [0.3, 0.4) is 0 Å². The minimum absolute atomic E-state index is 0.0160. The highest BCUT2D eigenvalue weighted by molar-refractivity contribution is 5.97. The van der Waals surface area contributed by atoms with Crippen LogP contribution in [0.5, 0.6) is 11.5 Å². The van der Waals surface area contributed by atoms with Gasteiger partial charge in [-0.25, -0.2) is 0 Å². The molecule has 0 saturated carbocycles. The number of aryl methyl sites for hydroxylation is 1. The number of esters is 1. The van der Waals surface area contributed by atoms with Gasteiger partial charge in [0.1, 0.15) is 17.2 Å². The van der Waals surface area contributed by atoms with E-state index < -0.39 is 22.9 Å². The fourth-order valence-corrected chi connectivity index (χ4v) is 2.59. The van der Waals surface area contributed by atoms with E-state index in [0.717, 1.165) is 5.56 Å². The average molecular weight is 402 g/mol. The standard InChI is InChI=1S/C20H22N2O7/c1-13(29-19(23)11-8-14-6-4-5-7-18(14)28-3)20(24)21-16-10-9-15(27-2)12-17(16)22(25)26/h4-7,9-10,12-13H,8,11H2,1-3H3,(H,21,24)/t13-/m0/s1. The van der Waals surface area contributed by atoms with E-state index in [1.807, 2.05) is 18.2 Å². The summed E-state index contributed by atoms with van der Waals surface area (Å²) in [7, 11) is 2.92. The quantitative estimate of drug-likeness (QED) is 0.389. The molecule has 9 nitrogen and oxygen atoms in total. The van der Waals surface area contributed by atoms with Crippen molar-refractivity contribution in [2.75, 3.05) is 19.5 Å². The largest absolute Gasteiger partial charge is 0.496 e. The highest BCUT2D eigenvalue weighted by atomic mass is 16.6. The van der Waals surface area contributed by atoms with Crippen LogP contribution in [0.2, 0.25) is 0 Å². The van der Waals surface area contributed by atoms with Crippen molar-refractivity contribution >= 4 is 23.3 Å². The number of carbonyl (C=O) groups is 2. The molecule has 9 heteroatoms. The number of nitro benzene ring substituents is 1. The van der Waals surface area contributed by atoms with Gasteiger partial charge in [0, 0.05) is 6.42 Å². The number of ether oxygens (including phenoxy) is 3. The monoisotopic (exact) mass is 402 g/mol. The highest BCUT2D eigenvalue weighted by Crippen LogP contribution is 2.29. The van der Waals surface area contributed by atoms with Gasteiger partial charge in [-0.05, 0) is 37.1 Å². The molecule has 0 bridgehead atoms. The van der Waals surface area contributed by atoms with Crippen molar-refractivity contribution in [3.8, 4) is 11.5 Å². The summed E-state index contributed by atoms with van der Waals surface area (Å²) in [6.07, 6.45) is -0.677. The Balaban J connectivity index is 1.95. The Labute approximate surface area is 167 Å². The summed E-state index contributed by atoms with van der Waals surface area (Å²) in [5.41, 5.74) is 0.503. The molecule has 0 aliphatic rings. The molecule has 154 valence electrons. The summed E-state index contributed by atoms with van der Waals surface area (Å²) in [6.45, 7) is 1.39. The number of carbonyl (C=O) groups excluding carboxylic acids is 2. The van der Waals surface area contributed by atoms with Crippen LogP contribution in [0.25, 0.3) is 0 Å². The second-order valence-electron chi connectivity index (χ2n) is 6.07. The van der Waals surface area contributed by atoms with Crippen molar-refractivity contribution in [1.82, 2.24) is 0 Å². The molecule has 0 aliphatic carbocycles. The molecule has 0 spiro atoms. The summed E-state index contributed by atoms with van der Waals surface area (Å²) in [5, 5.41) is 13.6. The number of benzene rings is 2. The van der Waals surface area contributed by atoms with Crippen molar-refractivity contribution < 1.29 is 28.7 Å². The molecule has 1 atom stereocenters. The van der Waals surface area contributed by atoms with Gasteiger partial charge in [0.25, 0.3) is 11.6 Å². The third kappa shape index (κ3) is 5.93. The maximum Gasteiger partial charge on any atom is 0.306 e. The Morgan fingerprint density at radius 1 is 1.14 bits per heavy atom. The van der Waals surface area contributed by atoms with Gasteiger partial charge in [-0.3, -0.25) is 19.7 Å². The predicted molar refractivity (Wildman–Crippen MR) is 105 cm³/mol. The van der Waals surface area contributed by atoms with E-state index in [1.165, 1.54) is 32.2 Å². The van der Waals surface area contributed by atoms with Gasteiger partial charge >= 0.3 is 5.97 Å². The van der Waals surface area contributed by atoms with E-state index in [4.69, 9.17) is 14.2 Å². The Kier molecular flexibility index (Phi) is 7.53. The van der Waals surface area contributed by atoms with Crippen LogP contribution in [0, 0.1) is 10.1 Å². The first-order valence-electron chi connectivity index (χ1n) is 8.80. The van der Waals surface area contributed by atoms with Crippen molar-refractivity contribution in [1.29, 1.82) is 0 Å². The summed E-state index contributed by atoms with van der Waals surface area (Å²) < 4.78 is 15.3. The van der Waals surface area contributed by atoms with E-state index in [2.05, 4.69) is 5.32 Å². The smallest absolute Gasteiger partial charge is 0.306 e. The van der Waals surface area contributed by atoms with E-state index in [-0.39, 0.29) is 23.5 Å². The minimum atomic E-state index is -1.12. The lowest BCUT2D eigenvalue weighted by Crippen LogP contribution is -2.30. The zero-order valence-corrected chi connectivity index (χ0v) is 16.3. The fraction of sp³-hybridized carbons (Fsp3) is 0.300. The van der Waals surface area contributed by atoms with Crippen LogP contribution < -0.4 is 14.8 Å². The number of nitrogens with zero attached hydrogens (tertiary/aromatic N) is 1. The highest BCUT2D eigenvalue weighted by Gasteiger charge is 2.22. The lowest BCUT2D eigenvalue weighted by Gasteiger charge is -2.14. The predicted octanol–water partition coefficient (Wildman–Crippen LogP) is 3.12. The third-order valence-electron chi connectivity index (χ3n) is 4.13. The molecule has 0 heterocycles. The first-order valence-corrected chi connectivity index (χ1v) is 8.80. The number of nitrogens with one attached hydrogen (secondary N) is 1. The van der Waals surface area contributed by atoms with Gasteiger partial charge in [-0.1, -0.05) is 18.2 Å².